The number of nitrogens with one attached hydrogen (secondary N) is 2. The van der Waals surface area contributed by atoms with Crippen molar-refractivity contribution in [1.82, 2.24) is 15.1 Å². The first kappa shape index (κ1) is 28.8. The molecule has 0 spiro atoms. The first-order chi connectivity index (χ1) is 16.2. The molecule has 1 heterocycles. The molecule has 0 aromatic heterocycles. The zero-order valence-electron chi connectivity index (χ0n) is 20.5. The highest BCUT2D eigenvalue weighted by molar-refractivity contribution is 8.00. The number of sulfonamides is 1. The third-order valence-electron chi connectivity index (χ3n) is 5.32. The summed E-state index contributed by atoms with van der Waals surface area (Å²) in [5.41, 5.74) is 1.23. The van der Waals surface area contributed by atoms with E-state index in [0.717, 1.165) is 4.31 Å². The number of hydrogen-bond acceptors (Lipinski definition) is 7. The number of rotatable bonds is 7. The Morgan fingerprint density at radius 1 is 1.29 bits per heavy atom. The van der Waals surface area contributed by atoms with E-state index >= 15 is 0 Å². The van der Waals surface area contributed by atoms with Crippen molar-refractivity contribution in [2.24, 2.45) is 5.41 Å². The summed E-state index contributed by atoms with van der Waals surface area (Å²) in [6.07, 6.45) is -1.31. The van der Waals surface area contributed by atoms with Crippen LogP contribution in [0.15, 0.2) is 29.2 Å². The number of carbonyl (C=O) groups excluding carboxylic acids is 1. The van der Waals surface area contributed by atoms with Crippen LogP contribution < -0.4 is 15.5 Å². The van der Waals surface area contributed by atoms with Crippen molar-refractivity contribution in [2.75, 3.05) is 18.8 Å². The molecule has 2 amide bonds. The smallest absolute Gasteiger partial charge is 0.404 e. The first-order valence-corrected chi connectivity index (χ1v) is 13.4. The van der Waals surface area contributed by atoms with E-state index in [1.54, 1.807) is 19.3 Å². The van der Waals surface area contributed by atoms with E-state index in [9.17, 15) is 23.2 Å². The number of amides is 2. The minimum atomic E-state index is -4.03. The lowest BCUT2D eigenvalue weighted by molar-refractivity contribution is -0.134. The summed E-state index contributed by atoms with van der Waals surface area (Å²) >= 11 is 1.47. The van der Waals surface area contributed by atoms with Gasteiger partial charge in [-0.1, -0.05) is 32.6 Å². The van der Waals surface area contributed by atoms with Gasteiger partial charge in [0.25, 0.3) is 5.91 Å². The normalized spacial score (nSPS) is 19.1. The molecule has 12 heteroatoms. The van der Waals surface area contributed by atoms with Gasteiger partial charge < -0.3 is 15.2 Å². The molecule has 0 saturated carbocycles. The highest BCUT2D eigenvalue weighted by Crippen LogP contribution is 2.38. The maximum Gasteiger partial charge on any atom is 0.404 e. The van der Waals surface area contributed by atoms with Crippen molar-refractivity contribution >= 4 is 33.8 Å². The van der Waals surface area contributed by atoms with Crippen LogP contribution in [0.3, 0.4) is 0 Å². The summed E-state index contributed by atoms with van der Waals surface area (Å²) in [6.45, 7) is 9.71. The van der Waals surface area contributed by atoms with Gasteiger partial charge in [-0.15, -0.1) is 0 Å². The molecule has 2 rings (SSSR count). The van der Waals surface area contributed by atoms with Crippen molar-refractivity contribution in [3.63, 3.8) is 0 Å². The van der Waals surface area contributed by atoms with Gasteiger partial charge in [0.1, 0.15) is 11.8 Å². The van der Waals surface area contributed by atoms with E-state index in [1.165, 1.54) is 36.0 Å². The van der Waals surface area contributed by atoms with Crippen LogP contribution in [0.1, 0.15) is 41.0 Å². The van der Waals surface area contributed by atoms with Gasteiger partial charge >= 0.3 is 6.09 Å². The molecular weight excluding hydrogens is 494 g/mol. The summed E-state index contributed by atoms with van der Waals surface area (Å²) in [7, 11) is -4.03. The molecule has 4 N–H and O–H groups in total. The molecular formula is C23H33N3O7S2. The zero-order valence-corrected chi connectivity index (χ0v) is 22.1. The Kier molecular flexibility index (Phi) is 9.47. The van der Waals surface area contributed by atoms with E-state index in [0.29, 0.717) is 17.9 Å². The molecule has 10 nitrogen and oxygen atoms in total. The molecule has 1 aromatic carbocycles. The van der Waals surface area contributed by atoms with Gasteiger partial charge in [0.2, 0.25) is 10.0 Å². The second-order valence-corrected chi connectivity index (χ2v) is 13.2. The van der Waals surface area contributed by atoms with Crippen LogP contribution in [0.25, 0.3) is 0 Å². The molecule has 1 aromatic rings. The number of thioether (sulfide) groups is 1. The van der Waals surface area contributed by atoms with Crippen LogP contribution >= 0.6 is 11.8 Å². The van der Waals surface area contributed by atoms with Gasteiger partial charge in [-0.3, -0.25) is 10.0 Å². The third kappa shape index (κ3) is 7.51. The van der Waals surface area contributed by atoms with E-state index in [4.69, 9.17) is 9.84 Å². The van der Waals surface area contributed by atoms with Gasteiger partial charge in [-0.25, -0.2) is 18.7 Å². The molecule has 1 aliphatic rings. The number of carbonyl (C=O) groups is 2. The molecule has 35 heavy (non-hydrogen) atoms. The molecule has 194 valence electrons. The Labute approximate surface area is 210 Å². The Balaban J connectivity index is 2.23. The Morgan fingerprint density at radius 3 is 2.46 bits per heavy atom. The molecule has 1 fully saturated rings. The van der Waals surface area contributed by atoms with Crippen LogP contribution in [-0.2, 0) is 14.8 Å². The van der Waals surface area contributed by atoms with Crippen LogP contribution in [0.2, 0.25) is 0 Å². The minimum absolute atomic E-state index is 0.00132. The topological polar surface area (TPSA) is 145 Å². The fraction of sp³-hybridized carbons (Fsp3) is 0.565. The zero-order chi connectivity index (χ0) is 26.4. The Morgan fingerprint density at radius 2 is 1.91 bits per heavy atom. The molecule has 1 aliphatic heterocycles. The fourth-order valence-corrected chi connectivity index (χ4v) is 6.61. The van der Waals surface area contributed by atoms with Crippen molar-refractivity contribution in [3.05, 3.63) is 24.3 Å². The number of hydrogen-bond donors (Lipinski definition) is 4. The SMILES string of the molecule is CC(C)(C)C(C#CCCNC(=O)O)Oc1ccc(S(=O)(=O)N2CCSC(C)(C)C2C(=O)NO)cc1. The van der Waals surface area contributed by atoms with E-state index in [-0.39, 0.29) is 23.4 Å². The molecule has 0 bridgehead atoms. The number of carboxylic acid groups (broad SMARTS) is 1. The largest absolute Gasteiger partial charge is 0.477 e. The number of nitrogens with zero attached hydrogens (tertiary/aromatic N) is 1. The summed E-state index contributed by atoms with van der Waals surface area (Å²) < 4.78 is 33.2. The van der Waals surface area contributed by atoms with E-state index in [2.05, 4.69) is 17.2 Å². The van der Waals surface area contributed by atoms with Crippen LogP contribution in [0.5, 0.6) is 5.75 Å². The summed E-state index contributed by atoms with van der Waals surface area (Å²) in [5, 5.41) is 20.1. The van der Waals surface area contributed by atoms with Crippen molar-refractivity contribution in [3.8, 4) is 17.6 Å². The Hall–Kier alpha value is -2.46. The molecule has 1 saturated heterocycles. The number of ether oxygens (including phenoxy) is 1. The highest BCUT2D eigenvalue weighted by Gasteiger charge is 2.48. The maximum atomic E-state index is 13.4. The minimum Gasteiger partial charge on any atom is -0.477 e. The number of hydroxylamine groups is 1. The second kappa shape index (κ2) is 11.5. The standard InChI is InChI=1S/C23H33N3O7S2/c1-22(2,3)18(8-6-7-13-24-21(28)29)33-16-9-11-17(12-10-16)35(31,32)26-14-15-34-23(4,5)19(26)20(27)25-30/h9-12,18-19,24,30H,7,13-15H2,1-5H3,(H,25,27)(H,28,29). The molecule has 2 unspecified atom stereocenters. The predicted molar refractivity (Wildman–Crippen MR) is 133 cm³/mol. The second-order valence-electron chi connectivity index (χ2n) is 9.58. The van der Waals surface area contributed by atoms with Crippen molar-refractivity contribution in [1.29, 1.82) is 0 Å². The average Bonchev–Trinajstić information content (AvgIpc) is 2.76. The lowest BCUT2D eigenvalue weighted by Gasteiger charge is -2.43. The molecule has 2 atom stereocenters. The molecule has 0 aliphatic carbocycles. The average molecular weight is 528 g/mol. The van der Waals surface area contributed by atoms with Gasteiger partial charge in [0.05, 0.1) is 4.90 Å². The predicted octanol–water partition coefficient (Wildman–Crippen LogP) is 2.53. The summed E-state index contributed by atoms with van der Waals surface area (Å²) in [6, 6.07) is 4.81. The van der Waals surface area contributed by atoms with Crippen LogP contribution in [-0.4, -0.2) is 70.8 Å². The maximum absolute atomic E-state index is 13.4. The van der Waals surface area contributed by atoms with Crippen LogP contribution in [0.4, 0.5) is 4.79 Å². The Bertz CT molecular complexity index is 1070. The monoisotopic (exact) mass is 527 g/mol. The summed E-state index contributed by atoms with van der Waals surface area (Å²) in [5.74, 6) is 6.07. The quantitative estimate of drug-likeness (QED) is 0.183. The van der Waals surface area contributed by atoms with Gasteiger partial charge in [-0.05, 0) is 38.1 Å². The fourth-order valence-electron chi connectivity index (χ4n) is 3.50. The lowest BCUT2D eigenvalue weighted by atomic mass is 9.89. The van der Waals surface area contributed by atoms with Gasteiger partial charge in [0.15, 0.2) is 6.10 Å². The lowest BCUT2D eigenvalue weighted by Crippen LogP contribution is -2.61. The van der Waals surface area contributed by atoms with E-state index in [1.807, 2.05) is 20.8 Å². The third-order valence-corrected chi connectivity index (χ3v) is 8.55. The number of benzene rings is 1. The summed E-state index contributed by atoms with van der Waals surface area (Å²) in [4.78, 5) is 22.9. The highest BCUT2D eigenvalue weighted by atomic mass is 32.2. The van der Waals surface area contributed by atoms with Crippen molar-refractivity contribution in [2.45, 2.75) is 62.8 Å². The van der Waals surface area contributed by atoms with Crippen LogP contribution in [0, 0.1) is 17.3 Å². The van der Waals surface area contributed by atoms with E-state index < -0.39 is 38.9 Å². The molecule has 0 radical (unpaired) electrons. The van der Waals surface area contributed by atoms with Crippen molar-refractivity contribution < 1.29 is 33.1 Å². The van der Waals surface area contributed by atoms with Gasteiger partial charge in [-0.2, -0.15) is 16.1 Å². The van der Waals surface area contributed by atoms with Gasteiger partial charge in [0, 0.05) is 35.4 Å². The first-order valence-electron chi connectivity index (χ1n) is 11.0.